The molecule has 0 N–H and O–H groups in total. The monoisotopic (exact) mass is 414 g/mol. The molecule has 6 heteroatoms. The van der Waals surface area contributed by atoms with E-state index >= 15 is 0 Å². The molecule has 0 radical (unpaired) electrons. The Kier molecular flexibility index (Phi) is 4.71. The number of hydroxylamine groups is 1. The number of fused-ring (bicyclic) bond motifs is 1. The fraction of sp³-hybridized carbons (Fsp3) is 0.200. The second-order valence-electron chi connectivity index (χ2n) is 7.73. The van der Waals surface area contributed by atoms with Gasteiger partial charge < -0.3 is 4.74 Å². The molecular formula is C25H22N2O4. The van der Waals surface area contributed by atoms with Gasteiger partial charge in [-0.25, -0.2) is 9.96 Å². The summed E-state index contributed by atoms with van der Waals surface area (Å²) >= 11 is 0. The van der Waals surface area contributed by atoms with E-state index in [1.807, 2.05) is 73.7 Å². The number of methoxy groups -OCH3 is 1. The van der Waals surface area contributed by atoms with E-state index in [0.29, 0.717) is 5.69 Å². The minimum atomic E-state index is -0.876. The van der Waals surface area contributed by atoms with Gasteiger partial charge in [0, 0.05) is 0 Å². The highest BCUT2D eigenvalue weighted by atomic mass is 16.7. The molecular weight excluding hydrogens is 392 g/mol. The zero-order valence-corrected chi connectivity index (χ0v) is 17.3. The van der Waals surface area contributed by atoms with Crippen LogP contribution in [0.2, 0.25) is 0 Å². The van der Waals surface area contributed by atoms with Crippen molar-refractivity contribution in [1.29, 1.82) is 0 Å². The van der Waals surface area contributed by atoms with Crippen LogP contribution in [0.15, 0.2) is 78.9 Å². The number of hydrogen-bond donors (Lipinski definition) is 0. The molecule has 2 fully saturated rings. The Morgan fingerprint density at radius 2 is 1.52 bits per heavy atom. The maximum atomic E-state index is 13.5. The lowest BCUT2D eigenvalue weighted by Crippen LogP contribution is -2.37. The molecule has 2 amide bonds. The Bertz CT molecular complexity index is 1130. The second kappa shape index (κ2) is 7.56. The molecule has 2 heterocycles. The molecule has 2 aliphatic heterocycles. The standard InChI is InChI=1S/C25H22N2O4/c1-16-8-6-7-11-20(16)27-22(17-12-14-19(30-2)15-13-17)21-23(31-27)25(29)26(24(21)28)18-9-4-3-5-10-18/h3-15,21-23H,1-2H3/t21-,22+,23-/m1/s1. The van der Waals surface area contributed by atoms with Gasteiger partial charge in [-0.15, -0.1) is 0 Å². The van der Waals surface area contributed by atoms with Crippen molar-refractivity contribution in [3.8, 4) is 5.75 Å². The summed E-state index contributed by atoms with van der Waals surface area (Å²) in [5.74, 6) is -0.518. The van der Waals surface area contributed by atoms with E-state index < -0.39 is 18.1 Å². The third-order valence-electron chi connectivity index (χ3n) is 5.94. The van der Waals surface area contributed by atoms with Gasteiger partial charge in [0.15, 0.2) is 6.10 Å². The van der Waals surface area contributed by atoms with Gasteiger partial charge in [0.1, 0.15) is 11.7 Å². The van der Waals surface area contributed by atoms with Gasteiger partial charge >= 0.3 is 0 Å². The van der Waals surface area contributed by atoms with Crippen molar-refractivity contribution >= 4 is 23.2 Å². The van der Waals surface area contributed by atoms with E-state index in [2.05, 4.69) is 0 Å². The summed E-state index contributed by atoms with van der Waals surface area (Å²) in [6, 6.07) is 23.9. The summed E-state index contributed by atoms with van der Waals surface area (Å²) < 4.78 is 5.29. The molecule has 0 bridgehead atoms. The maximum Gasteiger partial charge on any atom is 0.266 e. The van der Waals surface area contributed by atoms with Gasteiger partial charge in [0.25, 0.3) is 5.91 Å². The summed E-state index contributed by atoms with van der Waals surface area (Å²) in [6.07, 6.45) is -0.876. The Hall–Kier alpha value is -3.64. The lowest BCUT2D eigenvalue weighted by molar-refractivity contribution is -0.126. The minimum Gasteiger partial charge on any atom is -0.497 e. The highest BCUT2D eigenvalue weighted by Gasteiger charge is 2.60. The smallest absolute Gasteiger partial charge is 0.266 e. The molecule has 31 heavy (non-hydrogen) atoms. The lowest BCUT2D eigenvalue weighted by Gasteiger charge is -2.29. The first-order valence-corrected chi connectivity index (χ1v) is 10.2. The predicted molar refractivity (Wildman–Crippen MR) is 117 cm³/mol. The molecule has 3 atom stereocenters. The van der Waals surface area contributed by atoms with E-state index in [9.17, 15) is 9.59 Å². The van der Waals surface area contributed by atoms with E-state index in [0.717, 1.165) is 22.6 Å². The molecule has 0 unspecified atom stereocenters. The van der Waals surface area contributed by atoms with Crippen LogP contribution in [0.1, 0.15) is 17.2 Å². The number of anilines is 2. The molecule has 0 aromatic heterocycles. The highest BCUT2D eigenvalue weighted by molar-refractivity contribution is 6.23. The summed E-state index contributed by atoms with van der Waals surface area (Å²) in [7, 11) is 1.61. The zero-order valence-electron chi connectivity index (χ0n) is 17.3. The van der Waals surface area contributed by atoms with Crippen molar-refractivity contribution in [2.45, 2.75) is 19.1 Å². The molecule has 3 aromatic carbocycles. The van der Waals surface area contributed by atoms with Crippen molar-refractivity contribution in [2.24, 2.45) is 5.92 Å². The highest BCUT2D eigenvalue weighted by Crippen LogP contribution is 2.48. The summed E-state index contributed by atoms with van der Waals surface area (Å²) in [6.45, 7) is 1.98. The summed E-state index contributed by atoms with van der Waals surface area (Å²) in [5, 5.41) is 1.73. The van der Waals surface area contributed by atoms with Gasteiger partial charge in [-0.3, -0.25) is 14.4 Å². The number of rotatable bonds is 4. The van der Waals surface area contributed by atoms with Crippen LogP contribution in [0.4, 0.5) is 11.4 Å². The number of aryl methyl sites for hydroxylation is 1. The Labute approximate surface area is 180 Å². The van der Waals surface area contributed by atoms with Crippen LogP contribution in [0.25, 0.3) is 0 Å². The van der Waals surface area contributed by atoms with E-state index in [-0.39, 0.29) is 11.8 Å². The molecule has 156 valence electrons. The molecule has 5 rings (SSSR count). The number of imide groups is 1. The van der Waals surface area contributed by atoms with E-state index in [4.69, 9.17) is 9.57 Å². The van der Waals surface area contributed by atoms with Gasteiger partial charge in [0.05, 0.1) is 24.5 Å². The minimum absolute atomic E-state index is 0.252. The van der Waals surface area contributed by atoms with Crippen LogP contribution in [0.3, 0.4) is 0 Å². The molecule has 0 aliphatic carbocycles. The fourth-order valence-electron chi connectivity index (χ4n) is 4.41. The van der Waals surface area contributed by atoms with Gasteiger partial charge in [0.2, 0.25) is 5.91 Å². The quantitative estimate of drug-likeness (QED) is 0.603. The zero-order chi connectivity index (χ0) is 21.5. The average molecular weight is 414 g/mol. The van der Waals surface area contributed by atoms with Crippen LogP contribution >= 0.6 is 0 Å². The first kappa shape index (κ1) is 19.3. The van der Waals surface area contributed by atoms with Crippen LogP contribution in [0, 0.1) is 12.8 Å². The van der Waals surface area contributed by atoms with Crippen molar-refractivity contribution < 1.29 is 19.2 Å². The van der Waals surface area contributed by atoms with Crippen molar-refractivity contribution in [2.75, 3.05) is 17.1 Å². The summed E-state index contributed by atoms with van der Waals surface area (Å²) in [5.41, 5.74) is 3.28. The third-order valence-corrected chi connectivity index (χ3v) is 5.94. The first-order valence-electron chi connectivity index (χ1n) is 10.2. The fourth-order valence-corrected chi connectivity index (χ4v) is 4.41. The predicted octanol–water partition coefficient (Wildman–Crippen LogP) is 4.05. The number of nitrogens with zero attached hydrogens (tertiary/aromatic N) is 2. The Balaban J connectivity index is 1.60. The molecule has 3 aromatic rings. The SMILES string of the molecule is COc1ccc([C@H]2[C@H]3C(=O)N(c4ccccc4)C(=O)[C@@H]3ON2c2ccccc2C)cc1. The van der Waals surface area contributed by atoms with Crippen LogP contribution in [-0.4, -0.2) is 25.0 Å². The van der Waals surface area contributed by atoms with Crippen molar-refractivity contribution in [3.63, 3.8) is 0 Å². The normalized spacial score (nSPS) is 22.7. The maximum absolute atomic E-state index is 13.5. The third kappa shape index (κ3) is 3.07. The first-order chi connectivity index (χ1) is 15.1. The van der Waals surface area contributed by atoms with Gasteiger partial charge in [-0.1, -0.05) is 48.5 Å². The van der Waals surface area contributed by atoms with Crippen LogP contribution in [0.5, 0.6) is 5.75 Å². The molecule has 0 saturated carbocycles. The van der Waals surface area contributed by atoms with E-state index in [1.54, 1.807) is 24.3 Å². The second-order valence-corrected chi connectivity index (χ2v) is 7.73. The van der Waals surface area contributed by atoms with Gasteiger partial charge in [-0.2, -0.15) is 0 Å². The molecule has 6 nitrogen and oxygen atoms in total. The number of carbonyl (C=O) groups is 2. The van der Waals surface area contributed by atoms with Crippen molar-refractivity contribution in [1.82, 2.24) is 0 Å². The number of hydrogen-bond acceptors (Lipinski definition) is 5. The lowest BCUT2D eigenvalue weighted by atomic mass is 9.90. The number of carbonyl (C=O) groups excluding carboxylic acids is 2. The largest absolute Gasteiger partial charge is 0.497 e. The molecule has 0 spiro atoms. The topological polar surface area (TPSA) is 59.1 Å². The van der Waals surface area contributed by atoms with Crippen molar-refractivity contribution in [3.05, 3.63) is 90.0 Å². The number of ether oxygens (including phenoxy) is 1. The molecule has 2 saturated heterocycles. The Morgan fingerprint density at radius 1 is 0.839 bits per heavy atom. The summed E-state index contributed by atoms with van der Waals surface area (Å²) in [4.78, 5) is 34.3. The average Bonchev–Trinajstić information content (AvgIpc) is 3.30. The van der Waals surface area contributed by atoms with E-state index in [1.165, 1.54) is 4.90 Å². The number of benzene rings is 3. The van der Waals surface area contributed by atoms with Crippen LogP contribution < -0.4 is 14.7 Å². The molecule has 2 aliphatic rings. The number of amides is 2. The Morgan fingerprint density at radius 3 is 2.19 bits per heavy atom. The van der Waals surface area contributed by atoms with Gasteiger partial charge in [-0.05, 0) is 48.4 Å². The number of para-hydroxylation sites is 2. The van der Waals surface area contributed by atoms with Crippen LogP contribution in [-0.2, 0) is 14.4 Å².